The van der Waals surface area contributed by atoms with Crippen LogP contribution in [0.15, 0.2) is 52.4 Å². The molecule has 0 radical (unpaired) electrons. The van der Waals surface area contributed by atoms with Crippen molar-refractivity contribution in [3.8, 4) is 0 Å². The SMILES string of the molecule is Cc1n[nH]c(Sc2cc(Cl)cc(Cl)c2)c1C(c1cccc(N(C)C)c1)C(C)C. The van der Waals surface area contributed by atoms with Crippen molar-refractivity contribution in [2.75, 3.05) is 19.0 Å². The zero-order valence-corrected chi connectivity index (χ0v) is 19.1. The summed E-state index contributed by atoms with van der Waals surface area (Å²) in [6.45, 7) is 6.57. The molecule has 1 aromatic heterocycles. The summed E-state index contributed by atoms with van der Waals surface area (Å²) in [4.78, 5) is 3.12. The van der Waals surface area contributed by atoms with E-state index in [4.69, 9.17) is 23.2 Å². The van der Waals surface area contributed by atoms with Gasteiger partial charge in [0.2, 0.25) is 0 Å². The fraction of sp³-hybridized carbons (Fsp3) is 0.318. The molecule has 0 spiro atoms. The van der Waals surface area contributed by atoms with Crippen molar-refractivity contribution in [3.63, 3.8) is 0 Å². The van der Waals surface area contributed by atoms with Gasteiger partial charge in [0.1, 0.15) is 0 Å². The molecule has 28 heavy (non-hydrogen) atoms. The molecule has 1 atom stereocenters. The van der Waals surface area contributed by atoms with E-state index in [1.165, 1.54) is 16.8 Å². The first kappa shape index (κ1) is 21.1. The Hall–Kier alpha value is -1.62. The highest BCUT2D eigenvalue weighted by Gasteiger charge is 2.26. The Morgan fingerprint density at radius 3 is 2.32 bits per heavy atom. The van der Waals surface area contributed by atoms with E-state index in [2.05, 4.69) is 74.2 Å². The second-order valence-electron chi connectivity index (χ2n) is 7.47. The van der Waals surface area contributed by atoms with Gasteiger partial charge in [0, 0.05) is 46.2 Å². The number of benzene rings is 2. The average molecular weight is 434 g/mol. The fourth-order valence-electron chi connectivity index (χ4n) is 3.45. The minimum absolute atomic E-state index is 0.232. The molecule has 3 aromatic rings. The molecular weight excluding hydrogens is 409 g/mol. The molecule has 3 rings (SSSR count). The Morgan fingerprint density at radius 1 is 1.04 bits per heavy atom. The van der Waals surface area contributed by atoms with Crippen LogP contribution >= 0.6 is 35.0 Å². The first-order valence-corrected chi connectivity index (χ1v) is 10.8. The number of rotatable bonds is 6. The maximum Gasteiger partial charge on any atom is 0.0996 e. The summed E-state index contributed by atoms with van der Waals surface area (Å²) >= 11 is 14.0. The maximum atomic E-state index is 6.19. The van der Waals surface area contributed by atoms with Gasteiger partial charge >= 0.3 is 0 Å². The van der Waals surface area contributed by atoms with Gasteiger partial charge in [0.15, 0.2) is 0 Å². The molecule has 0 amide bonds. The molecule has 1 N–H and O–H groups in total. The monoisotopic (exact) mass is 433 g/mol. The number of aryl methyl sites for hydroxylation is 1. The zero-order chi connectivity index (χ0) is 20.4. The summed E-state index contributed by atoms with van der Waals surface area (Å²) in [6.07, 6.45) is 0. The molecule has 1 heterocycles. The van der Waals surface area contributed by atoms with Crippen LogP contribution in [-0.4, -0.2) is 24.3 Å². The molecule has 0 fully saturated rings. The number of nitrogens with zero attached hydrogens (tertiary/aromatic N) is 2. The highest BCUT2D eigenvalue weighted by atomic mass is 35.5. The molecule has 0 saturated carbocycles. The summed E-state index contributed by atoms with van der Waals surface area (Å²) < 4.78 is 0. The average Bonchev–Trinajstić information content (AvgIpc) is 2.95. The van der Waals surface area contributed by atoms with Gasteiger partial charge in [0.25, 0.3) is 0 Å². The lowest BCUT2D eigenvalue weighted by Crippen LogP contribution is -2.13. The van der Waals surface area contributed by atoms with Crippen LogP contribution in [0, 0.1) is 12.8 Å². The summed E-state index contributed by atoms with van der Waals surface area (Å²) in [5.41, 5.74) is 4.73. The second-order valence-corrected chi connectivity index (χ2v) is 9.43. The van der Waals surface area contributed by atoms with Crippen LogP contribution < -0.4 is 4.90 Å². The van der Waals surface area contributed by atoms with Crippen LogP contribution in [0.25, 0.3) is 0 Å². The van der Waals surface area contributed by atoms with Crippen molar-refractivity contribution >= 4 is 40.7 Å². The molecule has 0 bridgehead atoms. The lowest BCUT2D eigenvalue weighted by Gasteiger charge is -2.24. The molecule has 0 aliphatic heterocycles. The van der Waals surface area contributed by atoms with E-state index in [0.717, 1.165) is 15.6 Å². The molecule has 0 aliphatic carbocycles. The van der Waals surface area contributed by atoms with Crippen LogP contribution in [-0.2, 0) is 0 Å². The predicted molar refractivity (Wildman–Crippen MR) is 121 cm³/mol. The second kappa shape index (κ2) is 8.81. The number of H-pyrrole nitrogens is 1. The van der Waals surface area contributed by atoms with Gasteiger partial charge in [-0.25, -0.2) is 0 Å². The quantitative estimate of drug-likeness (QED) is 0.452. The predicted octanol–water partition coefficient (Wildman–Crippen LogP) is 7.03. The van der Waals surface area contributed by atoms with Crippen LogP contribution in [0.3, 0.4) is 0 Å². The van der Waals surface area contributed by atoms with Crippen molar-refractivity contribution < 1.29 is 0 Å². The summed E-state index contributed by atoms with van der Waals surface area (Å²) in [7, 11) is 4.13. The van der Waals surface area contributed by atoms with Gasteiger partial charge in [-0.15, -0.1) is 0 Å². The molecule has 1 unspecified atom stereocenters. The summed E-state index contributed by atoms with van der Waals surface area (Å²) in [5, 5.41) is 10.0. The molecule has 6 heteroatoms. The lowest BCUT2D eigenvalue weighted by atomic mass is 9.82. The summed E-state index contributed by atoms with van der Waals surface area (Å²) in [6, 6.07) is 14.3. The third-order valence-corrected chi connectivity index (χ3v) is 6.16. The Balaban J connectivity index is 2.05. The third-order valence-electron chi connectivity index (χ3n) is 4.74. The van der Waals surface area contributed by atoms with Gasteiger partial charge in [-0.1, -0.05) is 60.9 Å². The van der Waals surface area contributed by atoms with E-state index < -0.39 is 0 Å². The smallest absolute Gasteiger partial charge is 0.0996 e. The number of hydrogen-bond acceptors (Lipinski definition) is 3. The number of nitrogens with one attached hydrogen (secondary N) is 1. The van der Waals surface area contributed by atoms with E-state index in [9.17, 15) is 0 Å². The number of aromatic amines is 1. The molecular formula is C22H25Cl2N3S. The van der Waals surface area contributed by atoms with Crippen molar-refractivity contribution in [1.29, 1.82) is 0 Å². The van der Waals surface area contributed by atoms with E-state index >= 15 is 0 Å². The summed E-state index contributed by atoms with van der Waals surface area (Å²) in [5.74, 6) is 0.645. The lowest BCUT2D eigenvalue weighted by molar-refractivity contribution is 0.555. The van der Waals surface area contributed by atoms with E-state index in [1.807, 2.05) is 12.1 Å². The van der Waals surface area contributed by atoms with Gasteiger partial charge in [-0.3, -0.25) is 5.10 Å². The molecule has 2 aromatic carbocycles. The Labute approximate surface area is 181 Å². The van der Waals surface area contributed by atoms with Crippen molar-refractivity contribution in [1.82, 2.24) is 10.2 Å². The van der Waals surface area contributed by atoms with Crippen molar-refractivity contribution in [3.05, 3.63) is 69.3 Å². The topological polar surface area (TPSA) is 31.9 Å². The van der Waals surface area contributed by atoms with Gasteiger partial charge in [-0.05, 0) is 48.7 Å². The number of aromatic nitrogens is 2. The Morgan fingerprint density at radius 2 is 1.71 bits per heavy atom. The maximum absolute atomic E-state index is 6.19. The molecule has 0 saturated heterocycles. The highest BCUT2D eigenvalue weighted by Crippen LogP contribution is 2.42. The molecule has 3 nitrogen and oxygen atoms in total. The fourth-order valence-corrected chi connectivity index (χ4v) is 5.19. The minimum atomic E-state index is 0.232. The van der Waals surface area contributed by atoms with Crippen LogP contribution in [0.1, 0.15) is 36.6 Å². The Bertz CT molecular complexity index is 946. The van der Waals surface area contributed by atoms with E-state index in [0.29, 0.717) is 16.0 Å². The number of anilines is 1. The third kappa shape index (κ3) is 4.68. The first-order chi connectivity index (χ1) is 13.3. The van der Waals surface area contributed by atoms with E-state index in [-0.39, 0.29) is 5.92 Å². The van der Waals surface area contributed by atoms with Crippen LogP contribution in [0.2, 0.25) is 10.0 Å². The van der Waals surface area contributed by atoms with Crippen molar-refractivity contribution in [2.24, 2.45) is 5.92 Å². The zero-order valence-electron chi connectivity index (χ0n) is 16.8. The van der Waals surface area contributed by atoms with Gasteiger partial charge < -0.3 is 4.90 Å². The highest BCUT2D eigenvalue weighted by molar-refractivity contribution is 7.99. The normalized spacial score (nSPS) is 12.4. The molecule has 0 aliphatic rings. The number of hydrogen-bond donors (Lipinski definition) is 1. The van der Waals surface area contributed by atoms with E-state index in [1.54, 1.807) is 17.8 Å². The minimum Gasteiger partial charge on any atom is -0.378 e. The van der Waals surface area contributed by atoms with Gasteiger partial charge in [0.05, 0.1) is 10.7 Å². The van der Waals surface area contributed by atoms with Crippen LogP contribution in [0.4, 0.5) is 5.69 Å². The largest absolute Gasteiger partial charge is 0.378 e. The van der Waals surface area contributed by atoms with Crippen LogP contribution in [0.5, 0.6) is 0 Å². The Kier molecular flexibility index (Phi) is 6.64. The molecule has 148 valence electrons. The number of halogens is 2. The van der Waals surface area contributed by atoms with Gasteiger partial charge in [-0.2, -0.15) is 5.10 Å². The first-order valence-electron chi connectivity index (χ1n) is 9.22. The standard InChI is InChI=1S/C22H25Cl2N3S/c1-13(2)20(15-7-6-8-18(9-15)27(4)5)21-14(3)25-26-22(21)28-19-11-16(23)10-17(24)12-19/h6-13,20H,1-5H3,(H,25,26). The van der Waals surface area contributed by atoms with Crippen molar-refractivity contribution in [2.45, 2.75) is 36.6 Å².